The first-order valence-corrected chi connectivity index (χ1v) is 3.14. The van der Waals surface area contributed by atoms with Crippen LogP contribution in [0.15, 0.2) is 18.5 Å². The number of hydrazine groups is 1. The summed E-state index contributed by atoms with van der Waals surface area (Å²) in [5.41, 5.74) is 0. The number of nitrogens with zero attached hydrogens (tertiary/aromatic N) is 3. The lowest BCUT2D eigenvalue weighted by Crippen LogP contribution is -2.31. The highest BCUT2D eigenvalue weighted by molar-refractivity contribution is 5.85. The first-order chi connectivity index (χ1) is 4.84. The van der Waals surface area contributed by atoms with Gasteiger partial charge in [-0.25, -0.2) is 15.8 Å². The number of hydrogen-bond acceptors (Lipinski definition) is 4. The molecule has 0 spiro atoms. The SMILES string of the molecule is CCN(N)c1ncccn1.Cl. The van der Waals surface area contributed by atoms with Crippen molar-refractivity contribution in [3.8, 4) is 0 Å². The fraction of sp³-hybridized carbons (Fsp3) is 0.333. The van der Waals surface area contributed by atoms with E-state index in [-0.39, 0.29) is 12.4 Å². The summed E-state index contributed by atoms with van der Waals surface area (Å²) < 4.78 is 0. The molecular formula is C6H11ClN4. The van der Waals surface area contributed by atoms with Gasteiger partial charge in [-0.05, 0) is 13.0 Å². The molecule has 0 unspecified atom stereocenters. The van der Waals surface area contributed by atoms with E-state index >= 15 is 0 Å². The smallest absolute Gasteiger partial charge is 0.239 e. The number of hydrogen-bond donors (Lipinski definition) is 1. The van der Waals surface area contributed by atoms with Crippen LogP contribution < -0.4 is 10.9 Å². The van der Waals surface area contributed by atoms with Crippen molar-refractivity contribution >= 4 is 18.4 Å². The predicted molar refractivity (Wildman–Crippen MR) is 46.5 cm³/mol. The fourth-order valence-electron chi connectivity index (χ4n) is 0.581. The molecule has 5 heteroatoms. The molecule has 0 bridgehead atoms. The van der Waals surface area contributed by atoms with Crippen molar-refractivity contribution in [1.29, 1.82) is 0 Å². The quantitative estimate of drug-likeness (QED) is 0.527. The van der Waals surface area contributed by atoms with Gasteiger partial charge in [-0.1, -0.05) is 0 Å². The number of rotatable bonds is 2. The van der Waals surface area contributed by atoms with E-state index in [4.69, 9.17) is 5.84 Å². The van der Waals surface area contributed by atoms with E-state index in [1.165, 1.54) is 5.01 Å². The fourth-order valence-corrected chi connectivity index (χ4v) is 0.581. The van der Waals surface area contributed by atoms with E-state index in [1.807, 2.05) is 6.92 Å². The van der Waals surface area contributed by atoms with Crippen LogP contribution in [0.5, 0.6) is 0 Å². The molecule has 1 aromatic heterocycles. The van der Waals surface area contributed by atoms with Crippen LogP contribution in [0.2, 0.25) is 0 Å². The van der Waals surface area contributed by atoms with Crippen molar-refractivity contribution < 1.29 is 0 Å². The van der Waals surface area contributed by atoms with Crippen molar-refractivity contribution in [3.05, 3.63) is 18.5 Å². The van der Waals surface area contributed by atoms with Gasteiger partial charge in [-0.2, -0.15) is 0 Å². The molecule has 0 saturated carbocycles. The number of aromatic nitrogens is 2. The van der Waals surface area contributed by atoms with E-state index in [2.05, 4.69) is 9.97 Å². The molecule has 1 heterocycles. The van der Waals surface area contributed by atoms with E-state index in [1.54, 1.807) is 18.5 Å². The van der Waals surface area contributed by atoms with Gasteiger partial charge in [0.1, 0.15) is 0 Å². The molecular weight excluding hydrogens is 164 g/mol. The molecule has 0 fully saturated rings. The lowest BCUT2D eigenvalue weighted by molar-refractivity contribution is 0.839. The summed E-state index contributed by atoms with van der Waals surface area (Å²) in [5, 5.41) is 1.49. The molecule has 0 saturated heterocycles. The molecule has 1 rings (SSSR count). The third kappa shape index (κ3) is 2.69. The van der Waals surface area contributed by atoms with Crippen molar-refractivity contribution in [2.75, 3.05) is 11.6 Å². The minimum atomic E-state index is 0. The Morgan fingerprint density at radius 2 is 2.00 bits per heavy atom. The van der Waals surface area contributed by atoms with Crippen LogP contribution in [0.4, 0.5) is 5.95 Å². The standard InChI is InChI=1S/C6H10N4.ClH/c1-2-10(7)6-8-4-3-5-9-6;/h3-5H,2,7H2,1H3;1H. The van der Waals surface area contributed by atoms with Crippen LogP contribution in [0, 0.1) is 0 Å². The van der Waals surface area contributed by atoms with Crippen molar-refractivity contribution in [2.24, 2.45) is 5.84 Å². The Labute approximate surface area is 71.8 Å². The summed E-state index contributed by atoms with van der Waals surface area (Å²) in [4.78, 5) is 7.88. The highest BCUT2D eigenvalue weighted by Crippen LogP contribution is 1.96. The van der Waals surface area contributed by atoms with E-state index in [9.17, 15) is 0 Å². The van der Waals surface area contributed by atoms with Crippen LogP contribution in [-0.2, 0) is 0 Å². The maximum absolute atomic E-state index is 5.50. The molecule has 1 aromatic rings. The maximum atomic E-state index is 5.50. The van der Waals surface area contributed by atoms with Crippen LogP contribution in [-0.4, -0.2) is 16.5 Å². The molecule has 0 aliphatic carbocycles. The second-order valence-electron chi connectivity index (χ2n) is 1.83. The second kappa shape index (κ2) is 4.87. The summed E-state index contributed by atoms with van der Waals surface area (Å²) in [6.45, 7) is 2.65. The summed E-state index contributed by atoms with van der Waals surface area (Å²) in [6.07, 6.45) is 3.33. The number of anilines is 1. The molecule has 0 aromatic carbocycles. The molecule has 4 nitrogen and oxygen atoms in total. The summed E-state index contributed by atoms with van der Waals surface area (Å²) in [6, 6.07) is 1.76. The van der Waals surface area contributed by atoms with Crippen molar-refractivity contribution in [3.63, 3.8) is 0 Å². The highest BCUT2D eigenvalue weighted by Gasteiger charge is 1.97. The zero-order valence-corrected chi connectivity index (χ0v) is 7.08. The Morgan fingerprint density at radius 3 is 2.45 bits per heavy atom. The van der Waals surface area contributed by atoms with Crippen LogP contribution in [0.25, 0.3) is 0 Å². The largest absolute Gasteiger partial charge is 0.279 e. The van der Waals surface area contributed by atoms with Crippen molar-refractivity contribution in [2.45, 2.75) is 6.92 Å². The van der Waals surface area contributed by atoms with E-state index < -0.39 is 0 Å². The van der Waals surface area contributed by atoms with Gasteiger partial charge < -0.3 is 0 Å². The minimum Gasteiger partial charge on any atom is -0.279 e. The molecule has 0 atom stereocenters. The van der Waals surface area contributed by atoms with Gasteiger partial charge in [0.2, 0.25) is 5.95 Å². The van der Waals surface area contributed by atoms with Gasteiger partial charge in [0, 0.05) is 18.9 Å². The highest BCUT2D eigenvalue weighted by atomic mass is 35.5. The van der Waals surface area contributed by atoms with Crippen molar-refractivity contribution in [1.82, 2.24) is 9.97 Å². The first kappa shape index (κ1) is 10.1. The zero-order valence-electron chi connectivity index (χ0n) is 6.27. The third-order valence-corrected chi connectivity index (χ3v) is 1.15. The maximum Gasteiger partial charge on any atom is 0.239 e. The zero-order chi connectivity index (χ0) is 7.40. The Hall–Kier alpha value is -0.870. The molecule has 11 heavy (non-hydrogen) atoms. The Kier molecular flexibility index (Phi) is 4.49. The predicted octanol–water partition coefficient (Wildman–Crippen LogP) is 0.598. The average Bonchev–Trinajstić information content (AvgIpc) is 2.05. The summed E-state index contributed by atoms with van der Waals surface area (Å²) in [7, 11) is 0. The van der Waals surface area contributed by atoms with Gasteiger partial charge in [0.25, 0.3) is 0 Å². The Balaban J connectivity index is 0.000001000. The molecule has 0 aliphatic rings. The van der Waals surface area contributed by atoms with Crippen LogP contribution in [0.3, 0.4) is 0 Å². The van der Waals surface area contributed by atoms with Gasteiger partial charge in [0.15, 0.2) is 0 Å². The molecule has 2 N–H and O–H groups in total. The van der Waals surface area contributed by atoms with E-state index in [0.717, 1.165) is 0 Å². The topological polar surface area (TPSA) is 55.0 Å². The lowest BCUT2D eigenvalue weighted by Gasteiger charge is -2.11. The summed E-state index contributed by atoms with van der Waals surface area (Å²) in [5.74, 6) is 6.06. The monoisotopic (exact) mass is 174 g/mol. The summed E-state index contributed by atoms with van der Waals surface area (Å²) >= 11 is 0. The second-order valence-corrected chi connectivity index (χ2v) is 1.83. The van der Waals surface area contributed by atoms with Gasteiger partial charge >= 0.3 is 0 Å². The average molecular weight is 175 g/mol. The molecule has 0 radical (unpaired) electrons. The van der Waals surface area contributed by atoms with Gasteiger partial charge in [-0.3, -0.25) is 5.01 Å². The van der Waals surface area contributed by atoms with Crippen LogP contribution >= 0.6 is 12.4 Å². The number of nitrogens with two attached hydrogens (primary N) is 1. The third-order valence-electron chi connectivity index (χ3n) is 1.15. The Bertz CT molecular complexity index is 191. The van der Waals surface area contributed by atoms with Gasteiger partial charge in [0.05, 0.1) is 0 Å². The molecule has 0 aliphatic heterocycles. The Morgan fingerprint density at radius 1 is 1.45 bits per heavy atom. The lowest BCUT2D eigenvalue weighted by atomic mass is 10.6. The minimum absolute atomic E-state index is 0. The molecule has 0 amide bonds. The molecule has 62 valence electrons. The van der Waals surface area contributed by atoms with Crippen LogP contribution in [0.1, 0.15) is 6.92 Å². The first-order valence-electron chi connectivity index (χ1n) is 3.14. The van der Waals surface area contributed by atoms with E-state index in [0.29, 0.717) is 12.5 Å². The van der Waals surface area contributed by atoms with Gasteiger partial charge in [-0.15, -0.1) is 12.4 Å². The number of halogens is 1. The normalized spacial score (nSPS) is 8.55.